The van der Waals surface area contributed by atoms with E-state index in [1.54, 1.807) is 23.4 Å². The summed E-state index contributed by atoms with van der Waals surface area (Å²) in [4.78, 5) is 37.0. The lowest BCUT2D eigenvalue weighted by molar-refractivity contribution is -0.128. The van der Waals surface area contributed by atoms with Gasteiger partial charge < -0.3 is 20.7 Å². The molecule has 1 unspecified atom stereocenters. The number of aromatic amines is 1. The number of hydrogen-bond donors (Lipinski definition) is 4. The fourth-order valence-corrected chi connectivity index (χ4v) is 5.37. The van der Waals surface area contributed by atoms with Crippen LogP contribution in [0.3, 0.4) is 0 Å². The number of nitrogens with zero attached hydrogens (tertiary/aromatic N) is 2. The summed E-state index contributed by atoms with van der Waals surface area (Å²) in [5.41, 5.74) is 3.29. The Kier molecular flexibility index (Phi) is 6.83. The molecule has 0 spiro atoms. The van der Waals surface area contributed by atoms with Gasteiger partial charge in [-0.2, -0.15) is 0 Å². The lowest BCUT2D eigenvalue weighted by Gasteiger charge is -2.34. The third-order valence-corrected chi connectivity index (χ3v) is 7.25. The van der Waals surface area contributed by atoms with Gasteiger partial charge in [0.1, 0.15) is 6.04 Å². The molecular formula is C27H33N5O3. The summed E-state index contributed by atoms with van der Waals surface area (Å²) in [5, 5.41) is 17.5. The highest BCUT2D eigenvalue weighted by molar-refractivity contribution is 6.05. The topological polar surface area (TPSA) is 110 Å². The van der Waals surface area contributed by atoms with Crippen LogP contribution in [-0.2, 0) is 9.59 Å². The normalized spacial score (nSPS) is 21.7. The quantitative estimate of drug-likeness (QED) is 0.438. The largest absolute Gasteiger partial charge is 0.392 e. The number of carbonyl (C=O) groups excluding carboxylic acids is 2. The van der Waals surface area contributed by atoms with Crippen molar-refractivity contribution < 1.29 is 14.7 Å². The molecule has 3 atom stereocenters. The van der Waals surface area contributed by atoms with Gasteiger partial charge in [0, 0.05) is 53.3 Å². The monoisotopic (exact) mass is 475 g/mol. The number of β-amino-alcohol motifs (C(OH)–C–C–N with tert-alkyl or cyclic N) is 1. The number of pyridine rings is 1. The van der Waals surface area contributed by atoms with Gasteiger partial charge in [-0.25, -0.2) is 0 Å². The molecule has 1 saturated carbocycles. The molecule has 1 saturated heterocycles. The van der Waals surface area contributed by atoms with Gasteiger partial charge in [0.15, 0.2) is 0 Å². The first-order chi connectivity index (χ1) is 17.0. The molecule has 2 aromatic heterocycles. The molecule has 1 aliphatic carbocycles. The zero-order chi connectivity index (χ0) is 24.4. The van der Waals surface area contributed by atoms with Crippen molar-refractivity contribution in [3.63, 3.8) is 0 Å². The van der Waals surface area contributed by atoms with E-state index < -0.39 is 18.2 Å². The summed E-state index contributed by atoms with van der Waals surface area (Å²) in [6.07, 6.45) is 10.2. The highest BCUT2D eigenvalue weighted by Crippen LogP contribution is 2.33. The predicted molar refractivity (Wildman–Crippen MR) is 135 cm³/mol. The van der Waals surface area contributed by atoms with Gasteiger partial charge in [-0.3, -0.25) is 19.5 Å². The zero-order valence-electron chi connectivity index (χ0n) is 20.0. The Labute approximate surface area is 205 Å². The minimum Gasteiger partial charge on any atom is -0.392 e. The number of benzene rings is 1. The molecule has 184 valence electrons. The first-order valence-electron chi connectivity index (χ1n) is 12.5. The van der Waals surface area contributed by atoms with E-state index in [1.807, 2.05) is 37.4 Å². The van der Waals surface area contributed by atoms with Crippen molar-refractivity contribution in [1.29, 1.82) is 0 Å². The molecule has 3 aromatic rings. The Morgan fingerprint density at radius 3 is 2.74 bits per heavy atom. The maximum absolute atomic E-state index is 14.0. The lowest BCUT2D eigenvalue weighted by atomic mass is 9.94. The summed E-state index contributed by atoms with van der Waals surface area (Å²) in [5.74, 6) is -0.448. The highest BCUT2D eigenvalue weighted by Gasteiger charge is 2.39. The van der Waals surface area contributed by atoms with Gasteiger partial charge >= 0.3 is 0 Å². The van der Waals surface area contributed by atoms with Gasteiger partial charge in [-0.1, -0.05) is 31.4 Å². The standard InChI is InChI=1S/C27H33N5O3/c1-17-14-29-23-12-20(9-10-22(17)23)32(27(35)24-13-21(33)16-30-24)25(18-6-5-11-28-15-18)26(34)31-19-7-3-2-4-8-19/h5-6,9-12,14-15,19,21,24-25,29-30,33H,2-4,7-8,13,16H2,1H3,(H,31,34)/t21-,24-,25?/m1/s1. The molecule has 5 rings (SSSR count). The van der Waals surface area contributed by atoms with Crippen LogP contribution in [0.25, 0.3) is 10.9 Å². The molecule has 4 N–H and O–H groups in total. The van der Waals surface area contributed by atoms with E-state index in [0.29, 0.717) is 24.2 Å². The van der Waals surface area contributed by atoms with Crippen molar-refractivity contribution in [3.05, 3.63) is 60.0 Å². The van der Waals surface area contributed by atoms with Crippen molar-refractivity contribution in [2.24, 2.45) is 0 Å². The van der Waals surface area contributed by atoms with Crippen LogP contribution in [0.5, 0.6) is 0 Å². The van der Waals surface area contributed by atoms with Crippen LogP contribution in [0.15, 0.2) is 48.9 Å². The van der Waals surface area contributed by atoms with Crippen LogP contribution < -0.4 is 15.5 Å². The number of anilines is 1. The van der Waals surface area contributed by atoms with Crippen LogP contribution in [0.4, 0.5) is 5.69 Å². The van der Waals surface area contributed by atoms with E-state index >= 15 is 0 Å². The first-order valence-corrected chi connectivity index (χ1v) is 12.5. The van der Waals surface area contributed by atoms with E-state index in [0.717, 1.165) is 42.1 Å². The van der Waals surface area contributed by atoms with Gasteiger partial charge in [0.05, 0.1) is 12.1 Å². The van der Waals surface area contributed by atoms with Gasteiger partial charge in [-0.05, 0) is 49.9 Å². The highest BCUT2D eigenvalue weighted by atomic mass is 16.3. The molecule has 35 heavy (non-hydrogen) atoms. The Hall–Kier alpha value is -3.23. The summed E-state index contributed by atoms with van der Waals surface area (Å²) >= 11 is 0. The fourth-order valence-electron chi connectivity index (χ4n) is 5.37. The Balaban J connectivity index is 1.57. The minimum absolute atomic E-state index is 0.104. The number of nitrogens with one attached hydrogen (secondary N) is 3. The second-order valence-electron chi connectivity index (χ2n) is 9.79. The number of fused-ring (bicyclic) bond motifs is 1. The molecule has 1 aromatic carbocycles. The SMILES string of the molecule is Cc1c[nH]c2cc(N(C(=O)[C@H]3C[C@@H](O)CN3)C(C(=O)NC3CCCCC3)c3cccnc3)ccc12. The van der Waals surface area contributed by atoms with E-state index in [4.69, 9.17) is 0 Å². The Morgan fingerprint density at radius 1 is 1.20 bits per heavy atom. The average molecular weight is 476 g/mol. The molecule has 8 heteroatoms. The van der Waals surface area contributed by atoms with E-state index in [1.165, 1.54) is 6.42 Å². The number of aryl methyl sites for hydroxylation is 1. The second-order valence-corrected chi connectivity index (χ2v) is 9.79. The predicted octanol–water partition coefficient (Wildman–Crippen LogP) is 3.12. The second kappa shape index (κ2) is 10.2. The molecule has 0 bridgehead atoms. The van der Waals surface area contributed by atoms with Crippen molar-refractivity contribution >= 4 is 28.4 Å². The summed E-state index contributed by atoms with van der Waals surface area (Å²) < 4.78 is 0. The van der Waals surface area contributed by atoms with Crippen molar-refractivity contribution in [2.75, 3.05) is 11.4 Å². The first kappa shape index (κ1) is 23.5. The van der Waals surface area contributed by atoms with Crippen LogP contribution in [-0.4, -0.2) is 51.6 Å². The molecule has 1 aliphatic heterocycles. The third kappa shape index (κ3) is 4.94. The number of hydrogen-bond acceptors (Lipinski definition) is 5. The minimum atomic E-state index is -0.883. The maximum Gasteiger partial charge on any atom is 0.248 e. The number of rotatable bonds is 6. The average Bonchev–Trinajstić information content (AvgIpc) is 3.48. The molecule has 8 nitrogen and oxygen atoms in total. The van der Waals surface area contributed by atoms with E-state index in [-0.39, 0.29) is 17.9 Å². The van der Waals surface area contributed by atoms with Crippen molar-refractivity contribution in [2.45, 2.75) is 69.7 Å². The van der Waals surface area contributed by atoms with Gasteiger partial charge in [0.25, 0.3) is 0 Å². The molecule has 2 amide bonds. The number of carbonyl (C=O) groups is 2. The number of aliphatic hydroxyl groups excluding tert-OH is 1. The van der Waals surface area contributed by atoms with Gasteiger partial charge in [0.2, 0.25) is 11.8 Å². The van der Waals surface area contributed by atoms with E-state index in [2.05, 4.69) is 20.6 Å². The third-order valence-electron chi connectivity index (χ3n) is 7.25. The number of aliphatic hydroxyl groups is 1. The molecule has 3 heterocycles. The van der Waals surface area contributed by atoms with Crippen LogP contribution >= 0.6 is 0 Å². The number of amides is 2. The molecular weight excluding hydrogens is 442 g/mol. The van der Waals surface area contributed by atoms with Crippen LogP contribution in [0.2, 0.25) is 0 Å². The summed E-state index contributed by atoms with van der Waals surface area (Å²) in [7, 11) is 0. The van der Waals surface area contributed by atoms with E-state index in [9.17, 15) is 14.7 Å². The molecule has 0 radical (unpaired) electrons. The maximum atomic E-state index is 14.0. The lowest BCUT2D eigenvalue weighted by Crippen LogP contribution is -2.51. The fraction of sp³-hybridized carbons (Fsp3) is 0.444. The summed E-state index contributed by atoms with van der Waals surface area (Å²) in [6.45, 7) is 2.38. The van der Waals surface area contributed by atoms with Crippen molar-refractivity contribution in [1.82, 2.24) is 20.6 Å². The van der Waals surface area contributed by atoms with Crippen LogP contribution in [0, 0.1) is 6.92 Å². The van der Waals surface area contributed by atoms with Crippen LogP contribution in [0.1, 0.15) is 55.7 Å². The summed E-state index contributed by atoms with van der Waals surface area (Å²) in [6, 6.07) is 8.06. The molecule has 2 fully saturated rings. The smallest absolute Gasteiger partial charge is 0.248 e. The molecule has 2 aliphatic rings. The number of H-pyrrole nitrogens is 1. The zero-order valence-corrected chi connectivity index (χ0v) is 20.0. The van der Waals surface area contributed by atoms with Gasteiger partial charge in [-0.15, -0.1) is 0 Å². The Bertz CT molecular complexity index is 1190. The Morgan fingerprint density at radius 2 is 2.03 bits per heavy atom. The number of aromatic nitrogens is 2. The van der Waals surface area contributed by atoms with Crippen molar-refractivity contribution in [3.8, 4) is 0 Å².